The predicted molar refractivity (Wildman–Crippen MR) is 230 cm³/mol. The van der Waals surface area contributed by atoms with Crippen molar-refractivity contribution < 1.29 is 33.0 Å². The van der Waals surface area contributed by atoms with Gasteiger partial charge in [-0.15, -0.1) is 0 Å². The number of nitrogens with one attached hydrogen (secondary N) is 3. The number of nitrogens with two attached hydrogens (primary N) is 1. The van der Waals surface area contributed by atoms with Gasteiger partial charge in [-0.3, -0.25) is 9.59 Å². The zero-order chi connectivity index (χ0) is 43.9. The van der Waals surface area contributed by atoms with Gasteiger partial charge in [-0.1, -0.05) is 52.1 Å². The summed E-state index contributed by atoms with van der Waals surface area (Å²) in [5.74, 6) is -4.61. The number of nitrogens with zero attached hydrogens (tertiary/aromatic N) is 6. The van der Waals surface area contributed by atoms with E-state index in [-0.39, 0.29) is 65.6 Å². The first-order valence-corrected chi connectivity index (χ1v) is 20.8. The molecule has 3 aliphatic rings. The normalized spacial score (nSPS) is 20.2. The molecule has 3 aliphatic heterocycles. The summed E-state index contributed by atoms with van der Waals surface area (Å²) in [5.41, 5.74) is 3.31. The molecule has 2 atom stereocenters. The van der Waals surface area contributed by atoms with Crippen molar-refractivity contribution in [2.45, 2.75) is 36.0 Å². The topological polar surface area (TPSA) is 186 Å². The summed E-state index contributed by atoms with van der Waals surface area (Å²) >= 11 is 16.7. The highest BCUT2D eigenvalue weighted by molar-refractivity contribution is 9.10. The molecule has 7 N–H and O–H groups in total. The van der Waals surface area contributed by atoms with Gasteiger partial charge >= 0.3 is 0 Å². The van der Waals surface area contributed by atoms with Crippen molar-refractivity contribution in [1.82, 2.24) is 34.5 Å². The number of anilines is 5. The predicted octanol–water partition coefficient (Wildman–Crippen LogP) is 6.53. The zero-order valence-electron chi connectivity index (χ0n) is 32.6. The Kier molecular flexibility index (Phi) is 10.4. The number of nitrogen functional groups attached to an aromatic ring is 1. The second kappa shape index (κ2) is 15.4. The second-order valence-electron chi connectivity index (χ2n) is 16.2. The molecule has 9 rings (SSSR count). The Morgan fingerprint density at radius 2 is 1.60 bits per heavy atom. The van der Waals surface area contributed by atoms with Crippen LogP contribution in [-0.2, 0) is 11.0 Å². The molecule has 3 saturated heterocycles. The molecule has 3 aromatic carbocycles. The monoisotopic (exact) mass is 950 g/mol. The molecule has 0 spiro atoms. The van der Waals surface area contributed by atoms with E-state index in [0.29, 0.717) is 40.6 Å². The number of β-amino-alcohol motifs (C(OH)–C–C–N with tert-alkyl or cyclic N) is 2. The average Bonchev–Trinajstić information content (AvgIpc) is 3.87. The lowest BCUT2D eigenvalue weighted by Crippen LogP contribution is -2.70. The molecule has 3 fully saturated rings. The Labute approximate surface area is 370 Å². The maximum Gasteiger partial charge on any atom is 0.257 e. The number of benzene rings is 3. The van der Waals surface area contributed by atoms with Crippen LogP contribution in [-0.4, -0.2) is 95.5 Å². The number of likely N-dealkylation sites (tertiary alicyclic amines) is 2. The second-order valence-corrected chi connectivity index (χ2v) is 17.9. The van der Waals surface area contributed by atoms with E-state index in [1.54, 1.807) is 47.3 Å². The largest absolute Gasteiger partial charge is 0.385 e. The van der Waals surface area contributed by atoms with E-state index in [1.165, 1.54) is 34.2 Å². The summed E-state index contributed by atoms with van der Waals surface area (Å²) in [5, 5.41) is 32.6. The Bertz CT molecular complexity index is 2820. The van der Waals surface area contributed by atoms with Crippen LogP contribution in [0.1, 0.15) is 45.3 Å². The van der Waals surface area contributed by atoms with Crippen LogP contribution in [0.2, 0.25) is 10.0 Å². The van der Waals surface area contributed by atoms with Crippen molar-refractivity contribution in [3.63, 3.8) is 0 Å². The standard InChI is InChI=1S/C42H36BrCl2F3N10O4/c1-40(21-2-6-29(27(47)12-21)54-35-23(4-5-26(46)33(35)48)37(59)57-17-41(61,18-57)30-8-9-51-39(49)55-30)14-31(52-16-40)42(62)19-58(20-42)38(60)24-15-56-11-10-50-36(56)32(45)34(24)53-28-7-3-22(43)13-25(28)44/h2-13,15,31,52-54,61-62H,14,16-20H2,1H3,(H2,49,51,55). The molecular formula is C42H36BrCl2F3N10O4. The van der Waals surface area contributed by atoms with Crippen LogP contribution in [0.5, 0.6) is 0 Å². The van der Waals surface area contributed by atoms with Crippen molar-refractivity contribution in [3.05, 3.63) is 134 Å². The van der Waals surface area contributed by atoms with Gasteiger partial charge in [-0.25, -0.2) is 28.1 Å². The quantitative estimate of drug-likeness (QED) is 0.0926. The van der Waals surface area contributed by atoms with E-state index >= 15 is 8.78 Å². The maximum atomic E-state index is 15.9. The van der Waals surface area contributed by atoms with Gasteiger partial charge in [0.1, 0.15) is 22.0 Å². The summed E-state index contributed by atoms with van der Waals surface area (Å²) in [7, 11) is 0. The number of carbonyl (C=O) groups excluding carboxylic acids is 2. The summed E-state index contributed by atoms with van der Waals surface area (Å²) < 4.78 is 48.3. The van der Waals surface area contributed by atoms with Crippen LogP contribution in [0, 0.1) is 17.5 Å². The molecule has 0 saturated carbocycles. The molecule has 3 aromatic heterocycles. The molecule has 6 heterocycles. The third-order valence-electron chi connectivity index (χ3n) is 11.9. The maximum absolute atomic E-state index is 15.9. The lowest BCUT2D eigenvalue weighted by molar-refractivity contribution is -0.101. The first-order chi connectivity index (χ1) is 29.4. The number of halogens is 6. The molecule has 0 radical (unpaired) electrons. The van der Waals surface area contributed by atoms with Gasteiger partial charge in [0.2, 0.25) is 5.95 Å². The van der Waals surface area contributed by atoms with E-state index in [4.69, 9.17) is 28.9 Å². The molecule has 0 aliphatic carbocycles. The number of aromatic nitrogens is 4. The minimum absolute atomic E-state index is 0.00108. The SMILES string of the molecule is CC1(c2ccc(Nc3c(C(=O)N4CC(O)(c5ccnc(N)n5)C4)ccc(F)c3F)c(F)c2)CNC(C2(O)CN(C(=O)c3cn4ccnc4c(Cl)c3Nc3ccc(Br)cc3Cl)C2)C1. The van der Waals surface area contributed by atoms with Crippen LogP contribution in [0.15, 0.2) is 83.9 Å². The van der Waals surface area contributed by atoms with Crippen LogP contribution >= 0.6 is 39.1 Å². The lowest BCUT2D eigenvalue weighted by atomic mass is 9.75. The first kappa shape index (κ1) is 41.8. The van der Waals surface area contributed by atoms with Crippen LogP contribution in [0.4, 0.5) is 41.9 Å². The Morgan fingerprint density at radius 3 is 2.32 bits per heavy atom. The van der Waals surface area contributed by atoms with Gasteiger partial charge in [0, 0.05) is 47.3 Å². The van der Waals surface area contributed by atoms with E-state index in [2.05, 4.69) is 46.8 Å². The fourth-order valence-electron chi connectivity index (χ4n) is 8.39. The molecule has 0 bridgehead atoms. The Morgan fingerprint density at radius 1 is 0.887 bits per heavy atom. The number of hydrogen-bond donors (Lipinski definition) is 6. The van der Waals surface area contributed by atoms with Crippen molar-refractivity contribution in [2.24, 2.45) is 0 Å². The number of hydrogen-bond acceptors (Lipinski definition) is 11. The number of pyridine rings is 1. The van der Waals surface area contributed by atoms with Crippen molar-refractivity contribution >= 4 is 85.3 Å². The molecule has 14 nitrogen and oxygen atoms in total. The number of carbonyl (C=O) groups is 2. The van der Waals surface area contributed by atoms with E-state index in [9.17, 15) is 24.2 Å². The highest BCUT2D eigenvalue weighted by atomic mass is 79.9. The highest BCUT2D eigenvalue weighted by Crippen LogP contribution is 2.43. The molecule has 6 aromatic rings. The van der Waals surface area contributed by atoms with E-state index < -0.39 is 51.7 Å². The van der Waals surface area contributed by atoms with Gasteiger partial charge in [0.05, 0.1) is 70.8 Å². The molecule has 320 valence electrons. The van der Waals surface area contributed by atoms with Gasteiger partial charge in [-0.2, -0.15) is 0 Å². The summed E-state index contributed by atoms with van der Waals surface area (Å²) in [6, 6.07) is 12.4. The van der Waals surface area contributed by atoms with E-state index in [0.717, 1.165) is 16.6 Å². The minimum atomic E-state index is -1.53. The summed E-state index contributed by atoms with van der Waals surface area (Å²) in [4.78, 5) is 42.5. The molecule has 2 amide bonds. The smallest absolute Gasteiger partial charge is 0.257 e. The van der Waals surface area contributed by atoms with Crippen LogP contribution in [0.25, 0.3) is 5.65 Å². The number of amides is 2. The first-order valence-electron chi connectivity index (χ1n) is 19.2. The third-order valence-corrected chi connectivity index (χ3v) is 13.1. The number of aliphatic hydroxyl groups is 2. The van der Waals surface area contributed by atoms with Gasteiger partial charge in [-0.05, 0) is 60.5 Å². The Balaban J connectivity index is 0.883. The number of fused-ring (bicyclic) bond motifs is 1. The van der Waals surface area contributed by atoms with Gasteiger partial charge < -0.3 is 46.1 Å². The molecule has 2 unspecified atom stereocenters. The van der Waals surface area contributed by atoms with Crippen LogP contribution in [0.3, 0.4) is 0 Å². The van der Waals surface area contributed by atoms with Crippen molar-refractivity contribution in [3.8, 4) is 0 Å². The minimum Gasteiger partial charge on any atom is -0.385 e. The number of rotatable bonds is 9. The fraction of sp³-hybridized carbons (Fsp3) is 0.262. The highest BCUT2D eigenvalue weighted by Gasteiger charge is 2.54. The molecule has 62 heavy (non-hydrogen) atoms. The zero-order valence-corrected chi connectivity index (χ0v) is 35.7. The van der Waals surface area contributed by atoms with Crippen molar-refractivity contribution in [1.29, 1.82) is 0 Å². The molecular weight excluding hydrogens is 916 g/mol. The Hall–Kier alpha value is -5.50. The van der Waals surface area contributed by atoms with Crippen LogP contribution < -0.4 is 21.7 Å². The van der Waals surface area contributed by atoms with E-state index in [1.807, 2.05) is 6.92 Å². The van der Waals surface area contributed by atoms with Gasteiger partial charge in [0.25, 0.3) is 11.8 Å². The number of imidazole rings is 1. The van der Waals surface area contributed by atoms with Gasteiger partial charge in [0.15, 0.2) is 17.3 Å². The van der Waals surface area contributed by atoms with Crippen molar-refractivity contribution in [2.75, 3.05) is 49.1 Å². The average molecular weight is 953 g/mol. The summed E-state index contributed by atoms with van der Waals surface area (Å²) in [6.07, 6.45) is 6.60. The fourth-order valence-corrected chi connectivity index (χ4v) is 9.41. The lowest BCUT2D eigenvalue weighted by Gasteiger charge is -2.50. The summed E-state index contributed by atoms with van der Waals surface area (Å²) in [6.45, 7) is 1.85. The molecule has 20 heteroatoms. The third kappa shape index (κ3) is 7.27.